The maximum Gasteiger partial charge on any atom is 0.224 e. The number of rotatable bonds is 6. The summed E-state index contributed by atoms with van der Waals surface area (Å²) in [6.45, 7) is 1.91. The van der Waals surface area contributed by atoms with Gasteiger partial charge < -0.3 is 20.9 Å². The first kappa shape index (κ1) is 14.3. The normalized spacial score (nSPS) is 11.9. The van der Waals surface area contributed by atoms with Crippen LogP contribution in [0.25, 0.3) is 0 Å². The van der Waals surface area contributed by atoms with Gasteiger partial charge in [0, 0.05) is 18.5 Å². The van der Waals surface area contributed by atoms with E-state index in [4.69, 9.17) is 10.5 Å². The van der Waals surface area contributed by atoms with Gasteiger partial charge in [-0.3, -0.25) is 4.79 Å². The van der Waals surface area contributed by atoms with E-state index in [2.05, 4.69) is 5.32 Å². The molecule has 4 N–H and O–H groups in total. The molecule has 5 heteroatoms. The molecule has 0 aromatic heterocycles. The highest BCUT2D eigenvalue weighted by Gasteiger charge is 2.08. The zero-order valence-corrected chi connectivity index (χ0v) is 10.8. The van der Waals surface area contributed by atoms with Crippen LogP contribution >= 0.6 is 0 Å². The van der Waals surface area contributed by atoms with Crippen molar-refractivity contribution in [1.82, 2.24) is 0 Å². The van der Waals surface area contributed by atoms with Gasteiger partial charge in [-0.05, 0) is 31.9 Å². The summed E-state index contributed by atoms with van der Waals surface area (Å²) in [6.07, 6.45) is 1.92. The highest BCUT2D eigenvalue weighted by molar-refractivity contribution is 5.92. The number of benzene rings is 1. The van der Waals surface area contributed by atoms with Crippen LogP contribution in [0.5, 0.6) is 11.5 Å². The van der Waals surface area contributed by atoms with Crippen LogP contribution in [0, 0.1) is 0 Å². The van der Waals surface area contributed by atoms with E-state index in [-0.39, 0.29) is 17.7 Å². The minimum atomic E-state index is -0.140. The van der Waals surface area contributed by atoms with Crippen LogP contribution in [0.2, 0.25) is 0 Å². The number of amides is 1. The van der Waals surface area contributed by atoms with Crippen LogP contribution in [-0.4, -0.2) is 24.2 Å². The molecule has 1 unspecified atom stereocenters. The lowest BCUT2D eigenvalue weighted by Crippen LogP contribution is -2.16. The van der Waals surface area contributed by atoms with Gasteiger partial charge in [0.25, 0.3) is 0 Å². The van der Waals surface area contributed by atoms with Crippen molar-refractivity contribution in [3.05, 3.63) is 18.2 Å². The minimum Gasteiger partial charge on any atom is -0.506 e. The van der Waals surface area contributed by atoms with Crippen molar-refractivity contribution in [2.75, 3.05) is 12.4 Å². The Morgan fingerprint density at radius 3 is 2.89 bits per heavy atom. The molecule has 0 fully saturated rings. The summed E-state index contributed by atoms with van der Waals surface area (Å²) in [4.78, 5) is 11.6. The number of phenols is 1. The van der Waals surface area contributed by atoms with Crippen LogP contribution in [0.1, 0.15) is 26.2 Å². The maximum absolute atomic E-state index is 11.6. The van der Waals surface area contributed by atoms with Crippen LogP contribution in [0.4, 0.5) is 5.69 Å². The topological polar surface area (TPSA) is 84.6 Å². The molecule has 18 heavy (non-hydrogen) atoms. The summed E-state index contributed by atoms with van der Waals surface area (Å²) in [5, 5.41) is 12.3. The lowest BCUT2D eigenvalue weighted by atomic mass is 10.1. The Kier molecular flexibility index (Phi) is 5.45. The molecule has 0 aliphatic carbocycles. The first-order chi connectivity index (χ1) is 8.52. The molecular formula is C13H20N2O3. The van der Waals surface area contributed by atoms with Gasteiger partial charge in [0.2, 0.25) is 5.91 Å². The zero-order chi connectivity index (χ0) is 13.5. The van der Waals surface area contributed by atoms with Crippen LogP contribution < -0.4 is 15.8 Å². The summed E-state index contributed by atoms with van der Waals surface area (Å²) >= 11 is 0. The maximum atomic E-state index is 11.6. The van der Waals surface area contributed by atoms with E-state index < -0.39 is 0 Å². The van der Waals surface area contributed by atoms with Crippen molar-refractivity contribution in [2.45, 2.75) is 32.2 Å². The fourth-order valence-corrected chi connectivity index (χ4v) is 1.54. The number of methoxy groups -OCH3 is 1. The van der Waals surface area contributed by atoms with Crippen molar-refractivity contribution in [2.24, 2.45) is 5.73 Å². The van der Waals surface area contributed by atoms with Crippen LogP contribution in [0.15, 0.2) is 18.2 Å². The Labute approximate surface area is 107 Å². The van der Waals surface area contributed by atoms with E-state index in [0.29, 0.717) is 17.9 Å². The van der Waals surface area contributed by atoms with Crippen molar-refractivity contribution < 1.29 is 14.6 Å². The van der Waals surface area contributed by atoms with Gasteiger partial charge in [-0.25, -0.2) is 0 Å². The standard InChI is InChI=1S/C13H20N2O3/c1-9(14)4-3-5-13(17)15-11-8-10(18-2)6-7-12(11)16/h6-9,16H,3-5,14H2,1-2H3,(H,15,17). The summed E-state index contributed by atoms with van der Waals surface area (Å²) in [5.41, 5.74) is 5.97. The first-order valence-electron chi connectivity index (χ1n) is 5.95. The Bertz CT molecular complexity index is 405. The van der Waals surface area contributed by atoms with E-state index in [0.717, 1.165) is 12.8 Å². The highest BCUT2D eigenvalue weighted by Crippen LogP contribution is 2.27. The SMILES string of the molecule is COc1ccc(O)c(NC(=O)CCCC(C)N)c1. The molecule has 0 bridgehead atoms. The molecule has 0 aliphatic rings. The molecule has 0 radical (unpaired) electrons. The number of hydrogen-bond donors (Lipinski definition) is 3. The molecule has 1 rings (SSSR count). The fourth-order valence-electron chi connectivity index (χ4n) is 1.54. The third-order valence-corrected chi connectivity index (χ3v) is 2.54. The van der Waals surface area contributed by atoms with Gasteiger partial charge in [-0.1, -0.05) is 0 Å². The smallest absolute Gasteiger partial charge is 0.224 e. The molecule has 0 saturated heterocycles. The van der Waals surface area contributed by atoms with Gasteiger partial charge >= 0.3 is 0 Å². The largest absolute Gasteiger partial charge is 0.506 e. The molecule has 5 nitrogen and oxygen atoms in total. The Morgan fingerprint density at radius 2 is 2.28 bits per heavy atom. The van der Waals surface area contributed by atoms with Gasteiger partial charge in [0.1, 0.15) is 11.5 Å². The number of phenolic OH excluding ortho intramolecular Hbond substituents is 1. The summed E-state index contributed by atoms with van der Waals surface area (Å²) in [7, 11) is 1.53. The number of carbonyl (C=O) groups excluding carboxylic acids is 1. The van der Waals surface area contributed by atoms with Crippen LogP contribution in [-0.2, 0) is 4.79 Å². The van der Waals surface area contributed by atoms with Crippen LogP contribution in [0.3, 0.4) is 0 Å². The number of anilines is 1. The third-order valence-electron chi connectivity index (χ3n) is 2.54. The van der Waals surface area contributed by atoms with E-state index in [1.54, 1.807) is 12.1 Å². The lowest BCUT2D eigenvalue weighted by molar-refractivity contribution is -0.116. The van der Waals surface area contributed by atoms with Crippen molar-refractivity contribution in [3.8, 4) is 11.5 Å². The molecular weight excluding hydrogens is 232 g/mol. The van der Waals surface area contributed by atoms with E-state index >= 15 is 0 Å². The monoisotopic (exact) mass is 252 g/mol. The molecule has 0 heterocycles. The highest BCUT2D eigenvalue weighted by atomic mass is 16.5. The van der Waals surface area contributed by atoms with E-state index in [1.807, 2.05) is 6.92 Å². The van der Waals surface area contributed by atoms with Crippen molar-refractivity contribution in [1.29, 1.82) is 0 Å². The van der Waals surface area contributed by atoms with Gasteiger partial charge in [-0.15, -0.1) is 0 Å². The minimum absolute atomic E-state index is 0.0244. The average Bonchev–Trinajstić information content (AvgIpc) is 2.31. The Hall–Kier alpha value is -1.75. The predicted molar refractivity (Wildman–Crippen MR) is 70.8 cm³/mol. The lowest BCUT2D eigenvalue weighted by Gasteiger charge is -2.09. The Morgan fingerprint density at radius 1 is 1.56 bits per heavy atom. The van der Waals surface area contributed by atoms with E-state index in [9.17, 15) is 9.90 Å². The number of carbonyl (C=O) groups is 1. The predicted octanol–water partition coefficient (Wildman–Crippen LogP) is 1.86. The molecule has 0 spiro atoms. The molecule has 1 atom stereocenters. The third kappa shape index (κ3) is 4.63. The molecule has 0 saturated carbocycles. The molecule has 1 amide bonds. The molecule has 1 aromatic carbocycles. The molecule has 1 aromatic rings. The van der Waals surface area contributed by atoms with Crippen molar-refractivity contribution in [3.63, 3.8) is 0 Å². The summed E-state index contributed by atoms with van der Waals surface area (Å²) in [6, 6.07) is 4.79. The quantitative estimate of drug-likeness (QED) is 0.675. The second-order valence-corrected chi connectivity index (χ2v) is 4.30. The fraction of sp³-hybridized carbons (Fsp3) is 0.462. The zero-order valence-electron chi connectivity index (χ0n) is 10.8. The molecule has 100 valence electrons. The summed E-state index contributed by atoms with van der Waals surface area (Å²) < 4.78 is 5.03. The van der Waals surface area contributed by atoms with Crippen molar-refractivity contribution >= 4 is 11.6 Å². The second-order valence-electron chi connectivity index (χ2n) is 4.30. The Balaban J connectivity index is 2.53. The first-order valence-corrected chi connectivity index (χ1v) is 5.95. The number of hydrogen-bond acceptors (Lipinski definition) is 4. The second kappa shape index (κ2) is 6.86. The van der Waals surface area contributed by atoms with Gasteiger partial charge in [-0.2, -0.15) is 0 Å². The van der Waals surface area contributed by atoms with Gasteiger partial charge in [0.15, 0.2) is 0 Å². The summed E-state index contributed by atoms with van der Waals surface area (Å²) in [5.74, 6) is 0.467. The number of nitrogens with one attached hydrogen (secondary N) is 1. The molecule has 0 aliphatic heterocycles. The number of nitrogens with two attached hydrogens (primary N) is 1. The number of ether oxygens (including phenoxy) is 1. The van der Waals surface area contributed by atoms with Gasteiger partial charge in [0.05, 0.1) is 12.8 Å². The number of aromatic hydroxyl groups is 1. The van der Waals surface area contributed by atoms with E-state index in [1.165, 1.54) is 13.2 Å². The average molecular weight is 252 g/mol.